The predicted molar refractivity (Wildman–Crippen MR) is 113 cm³/mol. The third-order valence-electron chi connectivity index (χ3n) is 5.36. The molecular weight excluding hydrogens is 442 g/mol. The second-order valence-corrected chi connectivity index (χ2v) is 9.28. The maximum absolute atomic E-state index is 14.0. The topological polar surface area (TPSA) is 80.1 Å². The summed E-state index contributed by atoms with van der Waals surface area (Å²) in [6.07, 6.45) is 0. The minimum absolute atomic E-state index is 0.0905. The van der Waals surface area contributed by atoms with E-state index in [2.05, 4.69) is 0 Å². The third-order valence-corrected chi connectivity index (χ3v) is 7.27. The minimum atomic E-state index is -4.17. The second kappa shape index (κ2) is 8.97. The van der Waals surface area contributed by atoms with Crippen molar-refractivity contribution in [3.63, 3.8) is 0 Å². The van der Waals surface area contributed by atoms with Crippen LogP contribution < -0.4 is 0 Å². The maximum Gasteiger partial charge on any atom is 0.342 e. The van der Waals surface area contributed by atoms with Gasteiger partial charge in [0, 0.05) is 31.6 Å². The van der Waals surface area contributed by atoms with Gasteiger partial charge < -0.3 is 9.15 Å². The molecule has 0 aliphatic carbocycles. The van der Waals surface area contributed by atoms with Gasteiger partial charge in [-0.1, -0.05) is 18.2 Å². The first-order chi connectivity index (χ1) is 15.3. The van der Waals surface area contributed by atoms with Crippen LogP contribution in [0.1, 0.15) is 23.0 Å². The summed E-state index contributed by atoms with van der Waals surface area (Å²) in [6, 6.07) is 9.53. The van der Waals surface area contributed by atoms with Crippen LogP contribution in [0.4, 0.5) is 8.78 Å². The van der Waals surface area contributed by atoms with Crippen molar-refractivity contribution < 1.29 is 31.1 Å². The van der Waals surface area contributed by atoms with Gasteiger partial charge in [-0.15, -0.1) is 0 Å². The second-order valence-electron chi connectivity index (χ2n) is 7.37. The van der Waals surface area contributed by atoms with Gasteiger partial charge in [-0.3, -0.25) is 4.90 Å². The van der Waals surface area contributed by atoms with E-state index in [1.54, 1.807) is 31.2 Å². The third kappa shape index (κ3) is 4.25. The molecule has 3 aromatic rings. The molecule has 0 spiro atoms. The first-order valence-corrected chi connectivity index (χ1v) is 11.6. The molecule has 0 radical (unpaired) electrons. The number of carbonyl (C=O) groups is 1. The van der Waals surface area contributed by atoms with Crippen molar-refractivity contribution in [2.75, 3.05) is 32.8 Å². The molecule has 7 nitrogen and oxygen atoms in total. The van der Waals surface area contributed by atoms with Crippen molar-refractivity contribution in [2.24, 2.45) is 0 Å². The number of hydrogen-bond acceptors (Lipinski definition) is 6. The van der Waals surface area contributed by atoms with E-state index >= 15 is 0 Å². The lowest BCUT2D eigenvalue weighted by molar-refractivity contribution is 0.0523. The number of hydrogen-bond donors (Lipinski definition) is 0. The van der Waals surface area contributed by atoms with E-state index in [9.17, 15) is 22.0 Å². The lowest BCUT2D eigenvalue weighted by Gasteiger charge is -2.33. The van der Waals surface area contributed by atoms with E-state index in [0.29, 0.717) is 41.4 Å². The van der Waals surface area contributed by atoms with Crippen LogP contribution in [0.15, 0.2) is 51.8 Å². The van der Waals surface area contributed by atoms with E-state index in [4.69, 9.17) is 9.15 Å². The number of rotatable bonds is 6. The Labute approximate surface area is 184 Å². The van der Waals surface area contributed by atoms with Crippen molar-refractivity contribution in [2.45, 2.75) is 18.4 Å². The zero-order valence-corrected chi connectivity index (χ0v) is 18.2. The zero-order valence-electron chi connectivity index (χ0n) is 17.4. The standard InChI is InChI=1S/C22H22F2N2O5S/c1-2-30-22(27)21-16-5-3-4-6-18(16)31-19(21)14-25-9-11-26(12-10-25)32(28,29)20-13-15(23)7-8-17(20)24/h3-8,13H,2,9-12,14H2,1H3. The fourth-order valence-electron chi connectivity index (χ4n) is 3.78. The molecule has 1 aromatic heterocycles. The Morgan fingerprint density at radius 1 is 1.09 bits per heavy atom. The highest BCUT2D eigenvalue weighted by molar-refractivity contribution is 7.89. The largest absolute Gasteiger partial charge is 0.462 e. The molecule has 1 aliphatic heterocycles. The van der Waals surface area contributed by atoms with Crippen LogP contribution in [0.2, 0.25) is 0 Å². The van der Waals surface area contributed by atoms with Crippen molar-refractivity contribution in [1.29, 1.82) is 0 Å². The zero-order chi connectivity index (χ0) is 22.9. The number of halogens is 2. The predicted octanol–water partition coefficient (Wildman–Crippen LogP) is 3.39. The summed E-state index contributed by atoms with van der Waals surface area (Å²) in [5.74, 6) is -1.84. The van der Waals surface area contributed by atoms with Gasteiger partial charge >= 0.3 is 5.97 Å². The fourth-order valence-corrected chi connectivity index (χ4v) is 5.28. The van der Waals surface area contributed by atoms with Crippen LogP contribution >= 0.6 is 0 Å². The highest BCUT2D eigenvalue weighted by atomic mass is 32.2. The first kappa shape index (κ1) is 22.4. The summed E-state index contributed by atoms with van der Waals surface area (Å²) in [7, 11) is -4.17. The number of benzene rings is 2. The molecule has 1 fully saturated rings. The molecule has 32 heavy (non-hydrogen) atoms. The molecule has 2 heterocycles. The number of furan rings is 1. The summed E-state index contributed by atoms with van der Waals surface area (Å²) < 4.78 is 65.3. The van der Waals surface area contributed by atoms with E-state index in [0.717, 1.165) is 16.4 Å². The monoisotopic (exact) mass is 464 g/mol. The SMILES string of the molecule is CCOC(=O)c1c(CN2CCN(S(=O)(=O)c3cc(F)ccc3F)CC2)oc2ccccc12. The summed E-state index contributed by atoms with van der Waals surface area (Å²) in [5.41, 5.74) is 0.924. The normalized spacial score (nSPS) is 15.8. The average Bonchev–Trinajstić information content (AvgIpc) is 3.13. The summed E-state index contributed by atoms with van der Waals surface area (Å²) in [4.78, 5) is 13.8. The van der Waals surface area contributed by atoms with Crippen molar-refractivity contribution in [1.82, 2.24) is 9.21 Å². The molecule has 1 saturated heterocycles. The number of piperazine rings is 1. The molecule has 10 heteroatoms. The minimum Gasteiger partial charge on any atom is -0.462 e. The van der Waals surface area contributed by atoms with Gasteiger partial charge in [0.15, 0.2) is 0 Å². The fraction of sp³-hybridized carbons (Fsp3) is 0.318. The number of para-hydroxylation sites is 1. The van der Waals surface area contributed by atoms with Crippen molar-refractivity contribution in [3.8, 4) is 0 Å². The Morgan fingerprint density at radius 2 is 1.81 bits per heavy atom. The average molecular weight is 464 g/mol. The molecule has 0 saturated carbocycles. The smallest absolute Gasteiger partial charge is 0.342 e. The summed E-state index contributed by atoms with van der Waals surface area (Å²) in [5, 5.41) is 0.656. The van der Waals surface area contributed by atoms with Gasteiger partial charge in [-0.25, -0.2) is 22.0 Å². The Kier molecular flexibility index (Phi) is 6.27. The van der Waals surface area contributed by atoms with E-state index in [1.807, 2.05) is 4.90 Å². The molecule has 0 bridgehead atoms. The van der Waals surface area contributed by atoms with Crippen LogP contribution in [-0.2, 0) is 21.3 Å². The Hall–Kier alpha value is -2.82. The summed E-state index contributed by atoms with van der Waals surface area (Å²) in [6.45, 7) is 3.07. The van der Waals surface area contributed by atoms with Gasteiger partial charge in [0.25, 0.3) is 0 Å². The molecule has 0 N–H and O–H groups in total. The number of esters is 1. The molecular formula is C22H22F2N2O5S. The lowest BCUT2D eigenvalue weighted by Crippen LogP contribution is -2.48. The number of nitrogens with zero attached hydrogens (tertiary/aromatic N) is 2. The van der Waals surface area contributed by atoms with Crippen LogP contribution in [-0.4, -0.2) is 56.4 Å². The van der Waals surface area contributed by atoms with Gasteiger partial charge in [0.1, 0.15) is 33.4 Å². The van der Waals surface area contributed by atoms with Crippen LogP contribution in [0.5, 0.6) is 0 Å². The first-order valence-electron chi connectivity index (χ1n) is 10.2. The van der Waals surface area contributed by atoms with E-state index < -0.39 is 32.5 Å². The molecule has 170 valence electrons. The van der Waals surface area contributed by atoms with Crippen LogP contribution in [0.25, 0.3) is 11.0 Å². The Morgan fingerprint density at radius 3 is 2.53 bits per heavy atom. The van der Waals surface area contributed by atoms with E-state index in [1.165, 1.54) is 0 Å². The molecule has 1 aliphatic rings. The number of carbonyl (C=O) groups excluding carboxylic acids is 1. The van der Waals surface area contributed by atoms with Crippen LogP contribution in [0, 0.1) is 11.6 Å². The molecule has 4 rings (SSSR count). The number of fused-ring (bicyclic) bond motifs is 1. The number of sulfonamides is 1. The maximum atomic E-state index is 14.0. The van der Waals surface area contributed by atoms with Crippen molar-refractivity contribution in [3.05, 3.63) is 65.4 Å². The highest BCUT2D eigenvalue weighted by Gasteiger charge is 2.32. The van der Waals surface area contributed by atoms with E-state index in [-0.39, 0.29) is 26.2 Å². The number of ether oxygens (including phenoxy) is 1. The van der Waals surface area contributed by atoms with Gasteiger partial charge in [-0.2, -0.15) is 4.31 Å². The summed E-state index contributed by atoms with van der Waals surface area (Å²) >= 11 is 0. The van der Waals surface area contributed by atoms with Gasteiger partial charge in [0.05, 0.1) is 13.2 Å². The Balaban J connectivity index is 1.51. The molecule has 0 amide bonds. The van der Waals surface area contributed by atoms with Gasteiger partial charge in [-0.05, 0) is 31.2 Å². The van der Waals surface area contributed by atoms with Crippen LogP contribution in [0.3, 0.4) is 0 Å². The van der Waals surface area contributed by atoms with Gasteiger partial charge in [0.2, 0.25) is 10.0 Å². The lowest BCUT2D eigenvalue weighted by atomic mass is 10.1. The molecule has 0 unspecified atom stereocenters. The molecule has 2 aromatic carbocycles. The molecule has 0 atom stereocenters. The van der Waals surface area contributed by atoms with Crippen molar-refractivity contribution >= 4 is 27.0 Å². The quantitative estimate of drug-likeness (QED) is 0.521. The Bertz CT molecular complexity index is 1250. The highest BCUT2D eigenvalue weighted by Crippen LogP contribution is 2.28.